The highest BCUT2D eigenvalue weighted by Crippen LogP contribution is 2.08. The van der Waals surface area contributed by atoms with Gasteiger partial charge in [-0.15, -0.1) is 0 Å². The monoisotopic (exact) mass is 159 g/mol. The number of nitrogens with two attached hydrogens (primary N) is 1. The second kappa shape index (κ2) is 2.72. The molecule has 0 bridgehead atoms. The van der Waals surface area contributed by atoms with Crippen LogP contribution in [0.5, 0.6) is 0 Å². The van der Waals surface area contributed by atoms with Gasteiger partial charge in [-0.05, 0) is 6.07 Å². The molecule has 0 saturated carbocycles. The van der Waals surface area contributed by atoms with E-state index in [1.807, 2.05) is 5.43 Å². The molecule has 1 rings (SSSR count). The van der Waals surface area contributed by atoms with Crippen LogP contribution in [0.15, 0.2) is 12.3 Å². The van der Waals surface area contributed by atoms with E-state index < -0.39 is 0 Å². The Bertz CT molecular complexity index is 245. The summed E-state index contributed by atoms with van der Waals surface area (Å²) in [4.78, 5) is 13.3. The molecule has 4 nitrogen and oxygen atoms in total. The average Bonchev–Trinajstić information content (AvgIpc) is 2.34. The fourth-order valence-corrected chi connectivity index (χ4v) is 0.740. The highest BCUT2D eigenvalue weighted by Gasteiger charge is 2.03. The smallest absolute Gasteiger partial charge is 0.281 e. The molecule has 10 heavy (non-hydrogen) atoms. The van der Waals surface area contributed by atoms with Crippen molar-refractivity contribution in [1.29, 1.82) is 0 Å². The van der Waals surface area contributed by atoms with E-state index in [2.05, 4.69) is 4.98 Å². The van der Waals surface area contributed by atoms with E-state index in [0.29, 0.717) is 10.7 Å². The maximum Gasteiger partial charge on any atom is 0.281 e. The highest BCUT2D eigenvalue weighted by molar-refractivity contribution is 6.30. The number of hydrogen-bond donors (Lipinski definition) is 3. The Morgan fingerprint density at radius 1 is 1.80 bits per heavy atom. The predicted molar refractivity (Wildman–Crippen MR) is 37.5 cm³/mol. The van der Waals surface area contributed by atoms with Gasteiger partial charge in [0, 0.05) is 6.20 Å². The van der Waals surface area contributed by atoms with Crippen molar-refractivity contribution in [1.82, 2.24) is 10.4 Å². The van der Waals surface area contributed by atoms with Crippen LogP contribution in [0.1, 0.15) is 10.5 Å². The lowest BCUT2D eigenvalue weighted by Crippen LogP contribution is -2.30. The molecule has 0 aromatic carbocycles. The van der Waals surface area contributed by atoms with Gasteiger partial charge < -0.3 is 4.98 Å². The summed E-state index contributed by atoms with van der Waals surface area (Å²) < 4.78 is 0. The third kappa shape index (κ3) is 1.29. The van der Waals surface area contributed by atoms with Crippen molar-refractivity contribution in [2.45, 2.75) is 0 Å². The number of carbonyl (C=O) groups excluding carboxylic acids is 1. The number of amides is 1. The van der Waals surface area contributed by atoms with E-state index in [0.717, 1.165) is 0 Å². The van der Waals surface area contributed by atoms with Crippen molar-refractivity contribution in [3.8, 4) is 0 Å². The standard InChI is InChI=1S/C5H6ClN3O/c6-3-1-4(8-2-3)5(10)9-7/h1-2,8H,7H2,(H,9,10). The largest absolute Gasteiger partial charge is 0.356 e. The summed E-state index contributed by atoms with van der Waals surface area (Å²) in [5.41, 5.74) is 2.32. The first kappa shape index (κ1) is 7.11. The van der Waals surface area contributed by atoms with Gasteiger partial charge in [-0.1, -0.05) is 11.6 Å². The lowest BCUT2D eigenvalue weighted by atomic mass is 10.4. The molecule has 0 aliphatic rings. The van der Waals surface area contributed by atoms with E-state index in [1.165, 1.54) is 12.3 Å². The average molecular weight is 160 g/mol. The zero-order valence-electron chi connectivity index (χ0n) is 5.02. The molecule has 1 aromatic heterocycles. The molecule has 0 fully saturated rings. The van der Waals surface area contributed by atoms with Crippen molar-refractivity contribution >= 4 is 17.5 Å². The summed E-state index contributed by atoms with van der Waals surface area (Å²) in [5, 5.41) is 0.485. The van der Waals surface area contributed by atoms with Gasteiger partial charge in [0.2, 0.25) is 0 Å². The van der Waals surface area contributed by atoms with Crippen LogP contribution >= 0.6 is 11.6 Å². The predicted octanol–water partition coefficient (Wildman–Crippen LogP) is 0.272. The molecular weight excluding hydrogens is 154 g/mol. The summed E-state index contributed by atoms with van der Waals surface area (Å²) in [6.07, 6.45) is 1.51. The molecule has 54 valence electrons. The molecule has 0 atom stereocenters. The van der Waals surface area contributed by atoms with Crippen LogP contribution in [0.3, 0.4) is 0 Å². The number of hydrogen-bond acceptors (Lipinski definition) is 2. The number of halogens is 1. The fourth-order valence-electron chi connectivity index (χ4n) is 0.577. The Morgan fingerprint density at radius 2 is 2.50 bits per heavy atom. The second-order valence-electron chi connectivity index (χ2n) is 1.71. The van der Waals surface area contributed by atoms with Gasteiger partial charge in [0.05, 0.1) is 5.02 Å². The molecule has 1 aromatic rings. The Kier molecular flexibility index (Phi) is 1.94. The van der Waals surface area contributed by atoms with Gasteiger partial charge >= 0.3 is 0 Å². The summed E-state index contributed by atoms with van der Waals surface area (Å²) in [7, 11) is 0. The van der Waals surface area contributed by atoms with E-state index in [9.17, 15) is 4.79 Å². The third-order valence-electron chi connectivity index (χ3n) is 1.02. The number of aromatic nitrogens is 1. The van der Waals surface area contributed by atoms with Crippen molar-refractivity contribution in [3.05, 3.63) is 23.0 Å². The fraction of sp³-hybridized carbons (Fsp3) is 0. The number of nitrogen functional groups attached to an aromatic ring is 1. The molecule has 0 spiro atoms. The lowest BCUT2D eigenvalue weighted by molar-refractivity contribution is 0.0949. The number of nitrogens with one attached hydrogen (secondary N) is 2. The van der Waals surface area contributed by atoms with Gasteiger partial charge in [0.1, 0.15) is 5.69 Å². The summed E-state index contributed by atoms with van der Waals surface area (Å²) in [6, 6.07) is 1.49. The zero-order valence-corrected chi connectivity index (χ0v) is 5.77. The Labute approximate surface area is 62.3 Å². The Hall–Kier alpha value is -1.00. The van der Waals surface area contributed by atoms with Crippen molar-refractivity contribution in [2.75, 3.05) is 0 Å². The third-order valence-corrected chi connectivity index (χ3v) is 1.24. The van der Waals surface area contributed by atoms with Gasteiger partial charge in [0.25, 0.3) is 5.91 Å². The van der Waals surface area contributed by atoms with Crippen LogP contribution in [0.25, 0.3) is 0 Å². The second-order valence-corrected chi connectivity index (χ2v) is 2.14. The number of carbonyl (C=O) groups is 1. The molecule has 0 aliphatic carbocycles. The van der Waals surface area contributed by atoms with E-state index in [4.69, 9.17) is 17.4 Å². The molecular formula is C5H6ClN3O. The maximum absolute atomic E-state index is 10.7. The van der Waals surface area contributed by atoms with E-state index >= 15 is 0 Å². The normalized spacial score (nSPS) is 9.40. The number of hydrazine groups is 1. The minimum atomic E-state index is -0.382. The highest BCUT2D eigenvalue weighted by atomic mass is 35.5. The quantitative estimate of drug-likeness (QED) is 0.313. The van der Waals surface area contributed by atoms with Crippen LogP contribution in [-0.4, -0.2) is 10.9 Å². The van der Waals surface area contributed by atoms with Crippen molar-refractivity contribution < 1.29 is 4.79 Å². The number of aromatic amines is 1. The van der Waals surface area contributed by atoms with E-state index in [1.54, 1.807) is 0 Å². The van der Waals surface area contributed by atoms with Crippen molar-refractivity contribution in [2.24, 2.45) is 5.84 Å². The SMILES string of the molecule is NNC(=O)c1cc(Cl)c[nH]1. The first-order valence-electron chi connectivity index (χ1n) is 2.59. The van der Waals surface area contributed by atoms with Gasteiger partial charge in [-0.25, -0.2) is 5.84 Å². The van der Waals surface area contributed by atoms with Crippen molar-refractivity contribution in [3.63, 3.8) is 0 Å². The molecule has 0 aliphatic heterocycles. The Morgan fingerprint density at radius 3 is 2.90 bits per heavy atom. The lowest BCUT2D eigenvalue weighted by Gasteiger charge is -1.91. The van der Waals surface area contributed by atoms with E-state index in [-0.39, 0.29) is 5.91 Å². The molecule has 4 N–H and O–H groups in total. The molecule has 1 amide bonds. The molecule has 1 heterocycles. The summed E-state index contributed by atoms with van der Waals surface area (Å²) in [5.74, 6) is 4.47. The van der Waals surface area contributed by atoms with Crippen LogP contribution in [0.4, 0.5) is 0 Å². The van der Waals surface area contributed by atoms with Gasteiger partial charge in [-0.2, -0.15) is 0 Å². The first-order chi connectivity index (χ1) is 4.74. The summed E-state index contributed by atoms with van der Waals surface area (Å²) >= 11 is 5.51. The van der Waals surface area contributed by atoms with Crippen LogP contribution in [0, 0.1) is 0 Å². The zero-order chi connectivity index (χ0) is 7.56. The first-order valence-corrected chi connectivity index (χ1v) is 2.96. The number of H-pyrrole nitrogens is 1. The minimum Gasteiger partial charge on any atom is -0.356 e. The van der Waals surface area contributed by atoms with Gasteiger partial charge in [-0.3, -0.25) is 10.2 Å². The van der Waals surface area contributed by atoms with Crippen LogP contribution < -0.4 is 11.3 Å². The minimum absolute atomic E-state index is 0.354. The molecule has 0 radical (unpaired) electrons. The maximum atomic E-state index is 10.7. The summed E-state index contributed by atoms with van der Waals surface area (Å²) in [6.45, 7) is 0. The molecule has 0 saturated heterocycles. The van der Waals surface area contributed by atoms with Gasteiger partial charge in [0.15, 0.2) is 0 Å². The molecule has 5 heteroatoms. The number of rotatable bonds is 1. The molecule has 0 unspecified atom stereocenters. The van der Waals surface area contributed by atoms with Crippen LogP contribution in [-0.2, 0) is 0 Å². The Balaban J connectivity index is 2.85. The van der Waals surface area contributed by atoms with Crippen LogP contribution in [0.2, 0.25) is 5.02 Å². The topological polar surface area (TPSA) is 70.9 Å².